The molecule has 0 amide bonds. The number of carbonyl (C=O) groups excluding carboxylic acids is 2. The number of hydrogen-bond donors (Lipinski definition) is 0. The fourth-order valence-electron chi connectivity index (χ4n) is 3.73. The van der Waals surface area contributed by atoms with Crippen LogP contribution in [0, 0.1) is 17.3 Å². The zero-order valence-electron chi connectivity index (χ0n) is 18.8. The predicted molar refractivity (Wildman–Crippen MR) is 124 cm³/mol. The zero-order valence-corrected chi connectivity index (χ0v) is 18.8. The molecule has 0 aliphatic heterocycles. The third kappa shape index (κ3) is 6.21. The molecule has 0 atom stereocenters. The van der Waals surface area contributed by atoms with E-state index >= 15 is 0 Å². The molecular formula is C27H32O4. The van der Waals surface area contributed by atoms with Gasteiger partial charge in [-0.05, 0) is 24.0 Å². The van der Waals surface area contributed by atoms with Crippen LogP contribution in [0.4, 0.5) is 0 Å². The SMILES string of the molecule is C=C(C#CC1=C(/C=C/CCCCCC)CC(C(=O)OC)(C(=O)OC)C1)c1ccccc1. The monoisotopic (exact) mass is 420 g/mol. The van der Waals surface area contributed by atoms with Crippen LogP contribution in [0.25, 0.3) is 5.57 Å². The summed E-state index contributed by atoms with van der Waals surface area (Å²) < 4.78 is 9.93. The Kier molecular flexibility index (Phi) is 9.34. The van der Waals surface area contributed by atoms with Crippen LogP contribution in [-0.4, -0.2) is 26.2 Å². The van der Waals surface area contributed by atoms with Gasteiger partial charge >= 0.3 is 11.9 Å². The molecule has 1 aliphatic rings. The van der Waals surface area contributed by atoms with E-state index in [1.807, 2.05) is 36.4 Å². The quantitative estimate of drug-likeness (QED) is 0.224. The third-order valence-electron chi connectivity index (χ3n) is 5.54. The normalized spacial score (nSPS) is 14.8. The number of hydrogen-bond acceptors (Lipinski definition) is 4. The van der Waals surface area contributed by atoms with Gasteiger partial charge in [0.2, 0.25) is 0 Å². The van der Waals surface area contributed by atoms with Crippen LogP contribution in [0.5, 0.6) is 0 Å². The number of unbranched alkanes of at least 4 members (excludes halogenated alkanes) is 4. The predicted octanol–water partition coefficient (Wildman–Crippen LogP) is 5.65. The van der Waals surface area contributed by atoms with Crippen molar-refractivity contribution in [2.45, 2.75) is 51.9 Å². The van der Waals surface area contributed by atoms with Gasteiger partial charge < -0.3 is 9.47 Å². The molecule has 0 saturated heterocycles. The van der Waals surface area contributed by atoms with Gasteiger partial charge in [-0.25, -0.2) is 0 Å². The lowest BCUT2D eigenvalue weighted by Crippen LogP contribution is -2.39. The number of rotatable bonds is 9. The lowest BCUT2D eigenvalue weighted by atomic mass is 9.83. The minimum atomic E-state index is -1.39. The highest BCUT2D eigenvalue weighted by atomic mass is 16.5. The summed E-state index contributed by atoms with van der Waals surface area (Å²) in [4.78, 5) is 25.2. The van der Waals surface area contributed by atoms with Gasteiger partial charge in [0.05, 0.1) is 14.2 Å². The molecule has 0 N–H and O–H groups in total. The molecule has 0 unspecified atom stereocenters. The minimum absolute atomic E-state index is 0.164. The van der Waals surface area contributed by atoms with Crippen LogP contribution >= 0.6 is 0 Å². The Balaban J connectivity index is 2.31. The Morgan fingerprint density at radius 3 is 2.35 bits per heavy atom. The molecule has 164 valence electrons. The Bertz CT molecular complexity index is 894. The Labute approximate surface area is 186 Å². The second kappa shape index (κ2) is 12.0. The van der Waals surface area contributed by atoms with Crippen molar-refractivity contribution in [2.24, 2.45) is 5.41 Å². The lowest BCUT2D eigenvalue weighted by Gasteiger charge is -2.23. The van der Waals surface area contributed by atoms with Crippen molar-refractivity contribution in [3.05, 3.63) is 65.8 Å². The molecule has 4 heteroatoms. The molecule has 1 aromatic carbocycles. The molecule has 0 spiro atoms. The van der Waals surface area contributed by atoms with Crippen LogP contribution < -0.4 is 0 Å². The van der Waals surface area contributed by atoms with E-state index in [0.29, 0.717) is 5.57 Å². The summed E-state index contributed by atoms with van der Waals surface area (Å²) in [6.45, 7) is 6.24. The highest BCUT2D eigenvalue weighted by Gasteiger charge is 2.52. The van der Waals surface area contributed by atoms with Crippen LogP contribution in [0.1, 0.15) is 57.4 Å². The summed E-state index contributed by atoms with van der Waals surface area (Å²) in [6.07, 6.45) is 10.2. The maximum absolute atomic E-state index is 12.6. The molecule has 1 aliphatic carbocycles. The summed E-state index contributed by atoms with van der Waals surface area (Å²) in [5.41, 5.74) is 1.86. The Morgan fingerprint density at radius 1 is 1.06 bits per heavy atom. The smallest absolute Gasteiger partial charge is 0.323 e. The van der Waals surface area contributed by atoms with E-state index in [1.54, 1.807) is 0 Å². The third-order valence-corrected chi connectivity index (χ3v) is 5.54. The summed E-state index contributed by atoms with van der Waals surface area (Å²) in [7, 11) is 2.58. The van der Waals surface area contributed by atoms with Gasteiger partial charge in [-0.3, -0.25) is 9.59 Å². The van der Waals surface area contributed by atoms with Crippen LogP contribution in [-0.2, 0) is 19.1 Å². The van der Waals surface area contributed by atoms with E-state index in [1.165, 1.54) is 33.5 Å². The first-order valence-corrected chi connectivity index (χ1v) is 10.8. The molecule has 2 rings (SSSR count). The average Bonchev–Trinajstić information content (AvgIpc) is 3.18. The number of methoxy groups -OCH3 is 2. The van der Waals surface area contributed by atoms with E-state index < -0.39 is 17.4 Å². The maximum Gasteiger partial charge on any atom is 0.323 e. The highest BCUT2D eigenvalue weighted by molar-refractivity contribution is 6.02. The second-order valence-corrected chi connectivity index (χ2v) is 7.77. The molecule has 0 bridgehead atoms. The maximum atomic E-state index is 12.6. The summed E-state index contributed by atoms with van der Waals surface area (Å²) >= 11 is 0. The van der Waals surface area contributed by atoms with Crippen molar-refractivity contribution < 1.29 is 19.1 Å². The van der Waals surface area contributed by atoms with Crippen LogP contribution in [0.2, 0.25) is 0 Å². The van der Waals surface area contributed by atoms with Crippen molar-refractivity contribution >= 4 is 17.5 Å². The van der Waals surface area contributed by atoms with Crippen molar-refractivity contribution in [2.75, 3.05) is 14.2 Å². The van der Waals surface area contributed by atoms with E-state index in [-0.39, 0.29) is 12.8 Å². The molecule has 31 heavy (non-hydrogen) atoms. The van der Waals surface area contributed by atoms with Gasteiger partial charge in [-0.1, -0.05) is 87.1 Å². The minimum Gasteiger partial charge on any atom is -0.468 e. The number of allylic oxidation sites excluding steroid dienone is 5. The van der Waals surface area contributed by atoms with Gasteiger partial charge in [-0.2, -0.15) is 0 Å². The molecule has 0 heterocycles. The second-order valence-electron chi connectivity index (χ2n) is 7.77. The molecule has 4 nitrogen and oxygen atoms in total. The van der Waals surface area contributed by atoms with Crippen LogP contribution in [0.3, 0.4) is 0 Å². The van der Waals surface area contributed by atoms with Gasteiger partial charge in [0, 0.05) is 24.0 Å². The molecule has 0 saturated carbocycles. The van der Waals surface area contributed by atoms with Gasteiger partial charge in [0.1, 0.15) is 0 Å². The van der Waals surface area contributed by atoms with Crippen LogP contribution in [0.15, 0.2) is 60.2 Å². The highest BCUT2D eigenvalue weighted by Crippen LogP contribution is 2.44. The fourth-order valence-corrected chi connectivity index (χ4v) is 3.73. The molecule has 0 radical (unpaired) electrons. The molecule has 0 aromatic heterocycles. The van der Waals surface area contributed by atoms with E-state index in [4.69, 9.17) is 9.47 Å². The van der Waals surface area contributed by atoms with E-state index in [2.05, 4.69) is 31.4 Å². The summed E-state index contributed by atoms with van der Waals surface area (Å²) in [5, 5.41) is 0. The Morgan fingerprint density at radius 2 is 1.74 bits per heavy atom. The van der Waals surface area contributed by atoms with E-state index in [0.717, 1.165) is 29.6 Å². The van der Waals surface area contributed by atoms with Crippen molar-refractivity contribution in [3.63, 3.8) is 0 Å². The molecular weight excluding hydrogens is 388 g/mol. The van der Waals surface area contributed by atoms with Crippen molar-refractivity contribution in [3.8, 4) is 11.8 Å². The standard InChI is InChI=1S/C27H32O4/c1-5-6-7-8-9-11-16-23-19-27(25(28)30-3,26(29)31-4)20-24(23)18-17-21(2)22-14-12-10-13-15-22/h10-16H,2,5-9,19-20H2,1,3-4H3/b16-11+. The topological polar surface area (TPSA) is 52.6 Å². The number of benzene rings is 1. The number of carbonyl (C=O) groups is 2. The largest absolute Gasteiger partial charge is 0.468 e. The van der Waals surface area contributed by atoms with Gasteiger partial charge in [0.15, 0.2) is 5.41 Å². The van der Waals surface area contributed by atoms with E-state index in [9.17, 15) is 9.59 Å². The van der Waals surface area contributed by atoms with Gasteiger partial charge in [0.25, 0.3) is 0 Å². The lowest BCUT2D eigenvalue weighted by molar-refractivity contribution is -0.168. The van der Waals surface area contributed by atoms with Gasteiger partial charge in [-0.15, -0.1) is 0 Å². The fraction of sp³-hybridized carbons (Fsp3) is 0.407. The molecule has 0 fully saturated rings. The zero-order chi connectivity index (χ0) is 22.7. The van der Waals surface area contributed by atoms with Crippen molar-refractivity contribution in [1.82, 2.24) is 0 Å². The first-order chi connectivity index (χ1) is 15.0. The summed E-state index contributed by atoms with van der Waals surface area (Å²) in [5.74, 6) is 5.09. The first-order valence-electron chi connectivity index (χ1n) is 10.8. The molecule has 1 aromatic rings. The average molecular weight is 421 g/mol. The first kappa shape index (κ1) is 24.2. The number of esters is 2. The number of ether oxygens (including phenoxy) is 2. The van der Waals surface area contributed by atoms with Crippen molar-refractivity contribution in [1.29, 1.82) is 0 Å². The Hall–Kier alpha value is -3.06. The summed E-state index contributed by atoms with van der Waals surface area (Å²) in [6, 6.07) is 9.70.